The fourth-order valence-electron chi connectivity index (χ4n) is 0.920. The summed E-state index contributed by atoms with van der Waals surface area (Å²) >= 11 is 0. The molecule has 0 heterocycles. The molecule has 0 aromatic heterocycles. The molecule has 1 rings (SSSR count). The van der Waals surface area contributed by atoms with Crippen molar-refractivity contribution < 1.29 is 4.39 Å². The van der Waals surface area contributed by atoms with Crippen LogP contribution in [0.4, 0.5) is 15.8 Å². The van der Waals surface area contributed by atoms with Gasteiger partial charge >= 0.3 is 0 Å². The molecule has 0 aliphatic heterocycles. The summed E-state index contributed by atoms with van der Waals surface area (Å²) in [6.45, 7) is 1.69. The Morgan fingerprint density at radius 3 is 2.64 bits per heavy atom. The molecule has 0 saturated heterocycles. The Morgan fingerprint density at radius 1 is 1.45 bits per heavy atom. The van der Waals surface area contributed by atoms with Crippen LogP contribution in [-0.4, -0.2) is 7.05 Å². The van der Waals surface area contributed by atoms with E-state index in [2.05, 4.69) is 5.32 Å². The number of rotatable bonds is 1. The SMILES string of the molecule is CNc1cc(F)c(C)cc1N. The first-order valence-corrected chi connectivity index (χ1v) is 3.38. The van der Waals surface area contributed by atoms with E-state index in [1.807, 2.05) is 0 Å². The Labute approximate surface area is 65.2 Å². The molecule has 0 unspecified atom stereocenters. The van der Waals surface area contributed by atoms with Crippen molar-refractivity contribution in [3.8, 4) is 0 Å². The van der Waals surface area contributed by atoms with Crippen LogP contribution < -0.4 is 11.1 Å². The molecule has 3 heteroatoms. The number of anilines is 2. The molecule has 3 N–H and O–H groups in total. The molecule has 0 radical (unpaired) electrons. The third-order valence-electron chi connectivity index (χ3n) is 1.60. The molecule has 0 saturated carbocycles. The van der Waals surface area contributed by atoms with Gasteiger partial charge in [0.05, 0.1) is 11.4 Å². The van der Waals surface area contributed by atoms with Crippen LogP contribution >= 0.6 is 0 Å². The van der Waals surface area contributed by atoms with Crippen molar-refractivity contribution in [3.63, 3.8) is 0 Å². The van der Waals surface area contributed by atoms with E-state index in [0.29, 0.717) is 16.9 Å². The van der Waals surface area contributed by atoms with Crippen molar-refractivity contribution >= 4 is 11.4 Å². The predicted molar refractivity (Wildman–Crippen MR) is 45.1 cm³/mol. The van der Waals surface area contributed by atoms with Crippen molar-refractivity contribution in [2.24, 2.45) is 0 Å². The Kier molecular flexibility index (Phi) is 1.98. The van der Waals surface area contributed by atoms with Crippen LogP contribution in [0.15, 0.2) is 12.1 Å². The van der Waals surface area contributed by atoms with Gasteiger partial charge in [0.25, 0.3) is 0 Å². The molecule has 60 valence electrons. The minimum absolute atomic E-state index is 0.233. The van der Waals surface area contributed by atoms with Crippen LogP contribution in [0.3, 0.4) is 0 Å². The molecule has 0 amide bonds. The topological polar surface area (TPSA) is 38.0 Å². The van der Waals surface area contributed by atoms with Crippen LogP contribution in [0, 0.1) is 12.7 Å². The van der Waals surface area contributed by atoms with Gasteiger partial charge in [-0.1, -0.05) is 0 Å². The van der Waals surface area contributed by atoms with E-state index in [0.717, 1.165) is 0 Å². The average molecular weight is 154 g/mol. The van der Waals surface area contributed by atoms with Gasteiger partial charge in [-0.3, -0.25) is 0 Å². The minimum atomic E-state index is -0.233. The van der Waals surface area contributed by atoms with E-state index in [1.165, 1.54) is 6.07 Å². The Hall–Kier alpha value is -1.25. The maximum atomic E-state index is 12.9. The van der Waals surface area contributed by atoms with E-state index in [-0.39, 0.29) is 5.82 Å². The Morgan fingerprint density at radius 2 is 2.09 bits per heavy atom. The molecule has 0 aliphatic rings. The second-order valence-electron chi connectivity index (χ2n) is 2.44. The van der Waals surface area contributed by atoms with Crippen LogP contribution in [0.5, 0.6) is 0 Å². The summed E-state index contributed by atoms with van der Waals surface area (Å²) in [5, 5.41) is 2.80. The molecule has 0 atom stereocenters. The molecule has 0 spiro atoms. The first-order chi connectivity index (χ1) is 5.15. The summed E-state index contributed by atoms with van der Waals surface area (Å²) in [5.41, 5.74) is 7.35. The number of aryl methyl sites for hydroxylation is 1. The van der Waals surface area contributed by atoms with Gasteiger partial charge in [0, 0.05) is 7.05 Å². The number of nitrogen functional groups attached to an aromatic ring is 1. The lowest BCUT2D eigenvalue weighted by Crippen LogP contribution is -1.97. The van der Waals surface area contributed by atoms with E-state index in [1.54, 1.807) is 20.0 Å². The number of benzene rings is 1. The van der Waals surface area contributed by atoms with Crippen LogP contribution in [0.25, 0.3) is 0 Å². The molecule has 0 aliphatic carbocycles. The number of hydrogen-bond donors (Lipinski definition) is 2. The molecule has 2 nitrogen and oxygen atoms in total. The lowest BCUT2D eigenvalue weighted by atomic mass is 10.2. The van der Waals surface area contributed by atoms with Gasteiger partial charge in [0.2, 0.25) is 0 Å². The van der Waals surface area contributed by atoms with Crippen molar-refractivity contribution in [2.75, 3.05) is 18.1 Å². The largest absolute Gasteiger partial charge is 0.397 e. The summed E-state index contributed by atoms with van der Waals surface area (Å²) in [7, 11) is 1.71. The summed E-state index contributed by atoms with van der Waals surface area (Å²) in [4.78, 5) is 0. The second kappa shape index (κ2) is 2.78. The standard InChI is InChI=1S/C8H11FN2/c1-5-3-7(10)8(11-2)4-6(5)9/h3-4,11H,10H2,1-2H3. The molecule has 0 bridgehead atoms. The summed E-state index contributed by atoms with van der Waals surface area (Å²) in [6, 6.07) is 3.01. The molecule has 11 heavy (non-hydrogen) atoms. The fraction of sp³-hybridized carbons (Fsp3) is 0.250. The molecule has 1 aromatic rings. The first kappa shape index (κ1) is 7.85. The highest BCUT2D eigenvalue weighted by Crippen LogP contribution is 2.21. The van der Waals surface area contributed by atoms with Gasteiger partial charge in [-0.15, -0.1) is 0 Å². The quantitative estimate of drug-likeness (QED) is 0.605. The highest BCUT2D eigenvalue weighted by atomic mass is 19.1. The first-order valence-electron chi connectivity index (χ1n) is 3.38. The van der Waals surface area contributed by atoms with E-state index >= 15 is 0 Å². The molecule has 0 fully saturated rings. The van der Waals surface area contributed by atoms with Crippen LogP contribution in [0.2, 0.25) is 0 Å². The zero-order chi connectivity index (χ0) is 8.43. The Bertz CT molecular complexity index is 271. The maximum Gasteiger partial charge on any atom is 0.128 e. The number of hydrogen-bond acceptors (Lipinski definition) is 2. The molecular weight excluding hydrogens is 143 g/mol. The number of nitrogens with two attached hydrogens (primary N) is 1. The van der Waals surface area contributed by atoms with Gasteiger partial charge in [0.1, 0.15) is 5.82 Å². The highest BCUT2D eigenvalue weighted by Gasteiger charge is 2.01. The van der Waals surface area contributed by atoms with Crippen LogP contribution in [-0.2, 0) is 0 Å². The summed E-state index contributed by atoms with van der Waals surface area (Å²) in [5.74, 6) is -0.233. The molecule has 1 aromatic carbocycles. The monoisotopic (exact) mass is 154 g/mol. The lowest BCUT2D eigenvalue weighted by Gasteiger charge is -2.05. The van der Waals surface area contributed by atoms with Gasteiger partial charge in [-0.2, -0.15) is 0 Å². The van der Waals surface area contributed by atoms with Gasteiger partial charge in [0.15, 0.2) is 0 Å². The van der Waals surface area contributed by atoms with Gasteiger partial charge < -0.3 is 11.1 Å². The lowest BCUT2D eigenvalue weighted by molar-refractivity contribution is 0.619. The van der Waals surface area contributed by atoms with Crippen molar-refractivity contribution in [2.45, 2.75) is 6.92 Å². The average Bonchev–Trinajstić information content (AvgIpc) is 1.97. The van der Waals surface area contributed by atoms with E-state index in [9.17, 15) is 4.39 Å². The smallest absolute Gasteiger partial charge is 0.128 e. The number of nitrogens with one attached hydrogen (secondary N) is 1. The maximum absolute atomic E-state index is 12.9. The van der Waals surface area contributed by atoms with E-state index in [4.69, 9.17) is 5.73 Å². The highest BCUT2D eigenvalue weighted by molar-refractivity contribution is 5.66. The van der Waals surface area contributed by atoms with Crippen molar-refractivity contribution in [1.82, 2.24) is 0 Å². The predicted octanol–water partition coefficient (Wildman–Crippen LogP) is 1.76. The molecular formula is C8H11FN2. The van der Waals surface area contributed by atoms with Gasteiger partial charge in [-0.05, 0) is 24.6 Å². The summed E-state index contributed by atoms with van der Waals surface area (Å²) < 4.78 is 12.9. The van der Waals surface area contributed by atoms with Crippen molar-refractivity contribution in [3.05, 3.63) is 23.5 Å². The van der Waals surface area contributed by atoms with E-state index < -0.39 is 0 Å². The summed E-state index contributed by atoms with van der Waals surface area (Å²) in [6.07, 6.45) is 0. The number of halogens is 1. The normalized spacial score (nSPS) is 9.73. The third-order valence-corrected chi connectivity index (χ3v) is 1.60. The minimum Gasteiger partial charge on any atom is -0.397 e. The van der Waals surface area contributed by atoms with Crippen LogP contribution in [0.1, 0.15) is 5.56 Å². The zero-order valence-electron chi connectivity index (χ0n) is 6.61. The third kappa shape index (κ3) is 1.42. The van der Waals surface area contributed by atoms with Crippen molar-refractivity contribution in [1.29, 1.82) is 0 Å². The Balaban J connectivity index is 3.21. The fourth-order valence-corrected chi connectivity index (χ4v) is 0.920. The zero-order valence-corrected chi connectivity index (χ0v) is 6.61. The van der Waals surface area contributed by atoms with Gasteiger partial charge in [-0.25, -0.2) is 4.39 Å². The second-order valence-corrected chi connectivity index (χ2v) is 2.44.